The topological polar surface area (TPSA) is 69.0 Å². The van der Waals surface area contributed by atoms with Crippen molar-refractivity contribution in [3.8, 4) is 0 Å². The fourth-order valence-corrected chi connectivity index (χ4v) is 3.91. The third kappa shape index (κ3) is 3.40. The number of amides is 1. The minimum Gasteiger partial charge on any atom is -0.449 e. The molecule has 2 heterocycles. The van der Waals surface area contributed by atoms with Gasteiger partial charge >= 0.3 is 5.97 Å². The van der Waals surface area contributed by atoms with Gasteiger partial charge in [-0.3, -0.25) is 4.79 Å². The van der Waals surface area contributed by atoms with Crippen LogP contribution in [0.25, 0.3) is 11.0 Å². The molecule has 0 aliphatic carbocycles. The van der Waals surface area contributed by atoms with Crippen LogP contribution in [-0.2, 0) is 27.3 Å². The van der Waals surface area contributed by atoms with Crippen LogP contribution < -0.4 is 4.90 Å². The molecule has 0 fully saturated rings. The maximum Gasteiger partial charge on any atom is 0.375 e. The number of carbonyl (C=O) groups is 2. The molecule has 0 unspecified atom stereocenters. The molecule has 29 heavy (non-hydrogen) atoms. The SMILES string of the molecule is COCc1c(C(=O)O[C@H](C)C(=O)N2c3ccccc3C[C@@H]2C)oc2ccccc12. The second-order valence-electron chi connectivity index (χ2n) is 7.28. The summed E-state index contributed by atoms with van der Waals surface area (Å²) in [4.78, 5) is 27.6. The number of para-hydroxylation sites is 2. The van der Waals surface area contributed by atoms with E-state index in [1.54, 1.807) is 25.0 Å². The molecule has 2 aromatic carbocycles. The molecule has 3 aromatic rings. The fourth-order valence-electron chi connectivity index (χ4n) is 3.91. The van der Waals surface area contributed by atoms with Crippen LogP contribution in [0.5, 0.6) is 0 Å². The van der Waals surface area contributed by atoms with Gasteiger partial charge in [-0.25, -0.2) is 4.79 Å². The highest BCUT2D eigenvalue weighted by molar-refractivity contribution is 6.01. The number of methoxy groups -OCH3 is 1. The van der Waals surface area contributed by atoms with Crippen LogP contribution in [0, 0.1) is 0 Å². The lowest BCUT2D eigenvalue weighted by Gasteiger charge is -2.25. The normalized spacial score (nSPS) is 16.7. The zero-order chi connectivity index (χ0) is 20.5. The first-order valence-corrected chi connectivity index (χ1v) is 9.62. The van der Waals surface area contributed by atoms with Crippen molar-refractivity contribution >= 4 is 28.5 Å². The molecule has 0 N–H and O–H groups in total. The van der Waals surface area contributed by atoms with Gasteiger partial charge in [-0.15, -0.1) is 0 Å². The third-order valence-electron chi connectivity index (χ3n) is 5.25. The first-order chi connectivity index (χ1) is 14.0. The van der Waals surface area contributed by atoms with Crippen molar-refractivity contribution in [3.05, 3.63) is 65.4 Å². The number of benzene rings is 2. The molecule has 1 aliphatic heterocycles. The highest BCUT2D eigenvalue weighted by atomic mass is 16.6. The third-order valence-corrected chi connectivity index (χ3v) is 5.25. The Morgan fingerprint density at radius 1 is 1.17 bits per heavy atom. The summed E-state index contributed by atoms with van der Waals surface area (Å²) in [5.41, 5.74) is 3.18. The van der Waals surface area contributed by atoms with E-state index in [1.165, 1.54) is 0 Å². The van der Waals surface area contributed by atoms with Crippen LogP contribution >= 0.6 is 0 Å². The number of esters is 1. The summed E-state index contributed by atoms with van der Waals surface area (Å²) in [5.74, 6) is -0.850. The van der Waals surface area contributed by atoms with E-state index >= 15 is 0 Å². The maximum absolute atomic E-state index is 13.1. The molecule has 0 saturated heterocycles. The Kier molecular flexibility index (Phi) is 5.11. The highest BCUT2D eigenvalue weighted by Gasteiger charge is 2.35. The lowest BCUT2D eigenvalue weighted by Crippen LogP contribution is -2.43. The summed E-state index contributed by atoms with van der Waals surface area (Å²) in [7, 11) is 1.55. The maximum atomic E-state index is 13.1. The van der Waals surface area contributed by atoms with Crippen molar-refractivity contribution in [2.45, 2.75) is 39.0 Å². The van der Waals surface area contributed by atoms with Gasteiger partial charge in [0.05, 0.1) is 6.61 Å². The Bertz CT molecular complexity index is 1070. The van der Waals surface area contributed by atoms with Crippen molar-refractivity contribution < 1.29 is 23.5 Å². The zero-order valence-corrected chi connectivity index (χ0v) is 16.7. The number of ether oxygens (including phenoxy) is 2. The minimum absolute atomic E-state index is 0.0105. The van der Waals surface area contributed by atoms with E-state index in [2.05, 4.69) is 0 Å². The molecular formula is C23H23NO5. The van der Waals surface area contributed by atoms with E-state index in [0.717, 1.165) is 23.1 Å². The first kappa shape index (κ1) is 19.2. The van der Waals surface area contributed by atoms with Crippen LogP contribution in [0.4, 0.5) is 5.69 Å². The van der Waals surface area contributed by atoms with Gasteiger partial charge in [0.15, 0.2) is 6.10 Å². The molecule has 0 radical (unpaired) electrons. The van der Waals surface area contributed by atoms with E-state index in [4.69, 9.17) is 13.9 Å². The molecule has 4 rings (SSSR count). The summed E-state index contributed by atoms with van der Waals surface area (Å²) in [6.45, 7) is 3.79. The van der Waals surface area contributed by atoms with E-state index in [1.807, 2.05) is 49.4 Å². The molecule has 0 bridgehead atoms. The van der Waals surface area contributed by atoms with E-state index in [9.17, 15) is 9.59 Å². The number of fused-ring (bicyclic) bond motifs is 2. The van der Waals surface area contributed by atoms with Gasteiger partial charge in [-0.1, -0.05) is 36.4 Å². The summed E-state index contributed by atoms with van der Waals surface area (Å²) in [6.07, 6.45) is -0.163. The number of anilines is 1. The average molecular weight is 393 g/mol. The van der Waals surface area contributed by atoms with Gasteiger partial charge in [-0.2, -0.15) is 0 Å². The number of carbonyl (C=O) groups excluding carboxylic acids is 2. The lowest BCUT2D eigenvalue weighted by atomic mass is 10.1. The monoisotopic (exact) mass is 393 g/mol. The highest BCUT2D eigenvalue weighted by Crippen LogP contribution is 2.33. The number of hydrogen-bond acceptors (Lipinski definition) is 5. The molecule has 1 aliphatic rings. The second-order valence-corrected chi connectivity index (χ2v) is 7.28. The standard InChI is InChI=1S/C23H23NO5/c1-14-12-16-8-4-6-10-19(16)24(14)22(25)15(2)28-23(26)21-18(13-27-3)17-9-5-7-11-20(17)29-21/h4-11,14-15H,12-13H2,1-3H3/t14-,15+/m0/s1. The van der Waals surface area contributed by atoms with E-state index in [0.29, 0.717) is 11.1 Å². The Balaban J connectivity index is 1.57. The molecule has 6 nitrogen and oxygen atoms in total. The molecule has 0 saturated carbocycles. The van der Waals surface area contributed by atoms with Gasteiger partial charge in [-0.05, 0) is 38.0 Å². The molecule has 150 valence electrons. The predicted molar refractivity (Wildman–Crippen MR) is 109 cm³/mol. The van der Waals surface area contributed by atoms with Crippen LogP contribution in [-0.4, -0.2) is 31.1 Å². The Labute approximate surface area is 169 Å². The summed E-state index contributed by atoms with van der Waals surface area (Å²) in [6, 6.07) is 15.1. The number of nitrogens with zero attached hydrogens (tertiary/aromatic N) is 1. The fraction of sp³-hybridized carbons (Fsp3) is 0.304. The Hall–Kier alpha value is -3.12. The van der Waals surface area contributed by atoms with Crippen LogP contribution in [0.15, 0.2) is 52.9 Å². The average Bonchev–Trinajstić information content (AvgIpc) is 3.25. The summed E-state index contributed by atoms with van der Waals surface area (Å²) in [5, 5.41) is 0.794. The quantitative estimate of drug-likeness (QED) is 0.611. The predicted octanol–water partition coefficient (Wildman–Crippen LogP) is 4.10. The summed E-state index contributed by atoms with van der Waals surface area (Å²) >= 11 is 0. The number of rotatable bonds is 5. The molecule has 1 aromatic heterocycles. The van der Waals surface area contributed by atoms with E-state index < -0.39 is 12.1 Å². The van der Waals surface area contributed by atoms with E-state index in [-0.39, 0.29) is 24.3 Å². The Morgan fingerprint density at radius 2 is 1.90 bits per heavy atom. The van der Waals surface area contributed by atoms with Crippen LogP contribution in [0.3, 0.4) is 0 Å². The number of furan rings is 1. The van der Waals surface area contributed by atoms with Crippen LogP contribution in [0.2, 0.25) is 0 Å². The summed E-state index contributed by atoms with van der Waals surface area (Å²) < 4.78 is 16.5. The zero-order valence-electron chi connectivity index (χ0n) is 16.7. The molecule has 0 spiro atoms. The van der Waals surface area contributed by atoms with Crippen molar-refractivity contribution in [1.29, 1.82) is 0 Å². The second kappa shape index (κ2) is 7.72. The van der Waals surface area contributed by atoms with Crippen molar-refractivity contribution in [2.75, 3.05) is 12.0 Å². The van der Waals surface area contributed by atoms with Crippen molar-refractivity contribution in [1.82, 2.24) is 0 Å². The molecule has 1 amide bonds. The Morgan fingerprint density at radius 3 is 2.69 bits per heavy atom. The van der Waals surface area contributed by atoms with Gasteiger partial charge in [0.25, 0.3) is 5.91 Å². The van der Waals surface area contributed by atoms with Gasteiger partial charge in [0.1, 0.15) is 5.58 Å². The van der Waals surface area contributed by atoms with Gasteiger partial charge in [0.2, 0.25) is 5.76 Å². The molecule has 6 heteroatoms. The van der Waals surface area contributed by atoms with Crippen molar-refractivity contribution in [2.24, 2.45) is 0 Å². The van der Waals surface area contributed by atoms with Crippen LogP contribution in [0.1, 0.15) is 35.5 Å². The van der Waals surface area contributed by atoms with Crippen molar-refractivity contribution in [3.63, 3.8) is 0 Å². The van der Waals surface area contributed by atoms with Gasteiger partial charge in [0, 0.05) is 29.8 Å². The minimum atomic E-state index is -0.945. The smallest absolute Gasteiger partial charge is 0.375 e. The molecular weight excluding hydrogens is 370 g/mol. The number of hydrogen-bond donors (Lipinski definition) is 0. The lowest BCUT2D eigenvalue weighted by molar-refractivity contribution is -0.126. The molecule has 2 atom stereocenters. The van der Waals surface area contributed by atoms with Gasteiger partial charge < -0.3 is 18.8 Å². The largest absolute Gasteiger partial charge is 0.449 e. The first-order valence-electron chi connectivity index (χ1n) is 9.62.